The van der Waals surface area contributed by atoms with Crippen molar-refractivity contribution in [3.8, 4) is 5.75 Å². The van der Waals surface area contributed by atoms with Crippen LogP contribution in [-0.2, 0) is 4.74 Å². The summed E-state index contributed by atoms with van der Waals surface area (Å²) in [6.45, 7) is 3.11. The maximum Gasteiger partial charge on any atom is 0.132 e. The van der Waals surface area contributed by atoms with Crippen molar-refractivity contribution in [2.75, 3.05) is 26.3 Å². The molecule has 0 unspecified atom stereocenters. The van der Waals surface area contributed by atoms with Crippen LogP contribution in [-0.4, -0.2) is 32.4 Å². The summed E-state index contributed by atoms with van der Waals surface area (Å²) in [7, 11) is 0. The van der Waals surface area contributed by atoms with Crippen molar-refractivity contribution >= 4 is 34.2 Å². The van der Waals surface area contributed by atoms with E-state index < -0.39 is 0 Å². The lowest BCUT2D eigenvalue weighted by Crippen LogP contribution is -2.41. The highest BCUT2D eigenvalue weighted by atomic mass is 127. The van der Waals surface area contributed by atoms with E-state index in [0.29, 0.717) is 6.61 Å². The van der Waals surface area contributed by atoms with Crippen molar-refractivity contribution in [3.63, 3.8) is 0 Å². The van der Waals surface area contributed by atoms with Crippen LogP contribution >= 0.6 is 34.2 Å². The van der Waals surface area contributed by atoms with Crippen molar-refractivity contribution in [3.05, 3.63) is 26.8 Å². The van der Waals surface area contributed by atoms with E-state index in [9.17, 15) is 0 Å². The molecule has 2 rings (SSSR count). The Balaban J connectivity index is 1.88. The van der Waals surface area contributed by atoms with Gasteiger partial charge in [-0.1, -0.05) is 11.6 Å². The Hall–Kier alpha value is -0.0400. The highest BCUT2D eigenvalue weighted by Gasteiger charge is 2.14. The normalized spacial score (nSPS) is 20.8. The summed E-state index contributed by atoms with van der Waals surface area (Å²) in [6.07, 6.45) is 0.139. The minimum Gasteiger partial charge on any atom is -0.490 e. The van der Waals surface area contributed by atoms with Gasteiger partial charge in [-0.3, -0.25) is 0 Å². The Labute approximate surface area is 114 Å². The highest BCUT2D eigenvalue weighted by Crippen LogP contribution is 2.24. The van der Waals surface area contributed by atoms with E-state index in [4.69, 9.17) is 21.1 Å². The molecule has 1 aliphatic rings. The second-order valence-electron chi connectivity index (χ2n) is 3.58. The Kier molecular flexibility index (Phi) is 4.69. The smallest absolute Gasteiger partial charge is 0.132 e. The Morgan fingerprint density at radius 1 is 1.56 bits per heavy atom. The summed E-state index contributed by atoms with van der Waals surface area (Å²) in [6, 6.07) is 5.61. The minimum absolute atomic E-state index is 0.139. The molecule has 1 heterocycles. The molecular formula is C11H13ClINO2. The molecule has 0 radical (unpaired) electrons. The van der Waals surface area contributed by atoms with Gasteiger partial charge in [0.2, 0.25) is 0 Å². The Morgan fingerprint density at radius 3 is 3.12 bits per heavy atom. The van der Waals surface area contributed by atoms with Crippen molar-refractivity contribution in [2.45, 2.75) is 6.10 Å². The van der Waals surface area contributed by atoms with E-state index in [1.807, 2.05) is 18.2 Å². The first-order valence-electron chi connectivity index (χ1n) is 5.16. The summed E-state index contributed by atoms with van der Waals surface area (Å²) in [5, 5.41) is 4.00. The number of hydrogen-bond donors (Lipinski definition) is 1. The zero-order chi connectivity index (χ0) is 11.4. The molecule has 1 aromatic rings. The van der Waals surface area contributed by atoms with Crippen molar-refractivity contribution in [1.29, 1.82) is 0 Å². The molecule has 88 valence electrons. The number of morpholine rings is 1. The molecule has 0 aromatic heterocycles. The summed E-state index contributed by atoms with van der Waals surface area (Å²) in [4.78, 5) is 0. The fourth-order valence-corrected chi connectivity index (χ4v) is 2.53. The third kappa shape index (κ3) is 3.48. The van der Waals surface area contributed by atoms with Gasteiger partial charge in [0.25, 0.3) is 0 Å². The summed E-state index contributed by atoms with van der Waals surface area (Å²) < 4.78 is 12.3. The lowest BCUT2D eigenvalue weighted by atomic mass is 10.3. The molecule has 1 fully saturated rings. The number of halogens is 2. The number of benzene rings is 1. The number of nitrogens with one attached hydrogen (secondary N) is 1. The van der Waals surface area contributed by atoms with Crippen LogP contribution < -0.4 is 10.1 Å². The number of rotatable bonds is 3. The third-order valence-corrected chi connectivity index (χ3v) is 3.40. The molecule has 1 atom stereocenters. The van der Waals surface area contributed by atoms with Gasteiger partial charge in [-0.05, 0) is 40.8 Å². The topological polar surface area (TPSA) is 30.5 Å². The third-order valence-electron chi connectivity index (χ3n) is 2.32. The van der Waals surface area contributed by atoms with Gasteiger partial charge in [0.05, 0.1) is 10.2 Å². The van der Waals surface area contributed by atoms with Crippen LogP contribution in [0.1, 0.15) is 0 Å². The fraction of sp³-hybridized carbons (Fsp3) is 0.455. The number of hydrogen-bond acceptors (Lipinski definition) is 3. The Morgan fingerprint density at radius 2 is 2.44 bits per heavy atom. The minimum atomic E-state index is 0.139. The van der Waals surface area contributed by atoms with Crippen molar-refractivity contribution in [1.82, 2.24) is 5.32 Å². The van der Waals surface area contributed by atoms with E-state index in [2.05, 4.69) is 27.9 Å². The van der Waals surface area contributed by atoms with E-state index in [-0.39, 0.29) is 6.10 Å². The second kappa shape index (κ2) is 6.05. The Bertz CT molecular complexity index is 356. The lowest BCUT2D eigenvalue weighted by Gasteiger charge is -2.23. The van der Waals surface area contributed by atoms with Gasteiger partial charge in [0.15, 0.2) is 0 Å². The van der Waals surface area contributed by atoms with Crippen molar-refractivity contribution < 1.29 is 9.47 Å². The molecule has 0 amide bonds. The van der Waals surface area contributed by atoms with Gasteiger partial charge in [0, 0.05) is 18.1 Å². The van der Waals surface area contributed by atoms with E-state index in [1.165, 1.54) is 0 Å². The highest BCUT2D eigenvalue weighted by molar-refractivity contribution is 14.1. The van der Waals surface area contributed by atoms with Crippen molar-refractivity contribution in [2.24, 2.45) is 0 Å². The lowest BCUT2D eigenvalue weighted by molar-refractivity contribution is 0.0000226. The van der Waals surface area contributed by atoms with Crippen LogP contribution in [0.5, 0.6) is 5.75 Å². The van der Waals surface area contributed by atoms with Gasteiger partial charge < -0.3 is 14.8 Å². The van der Waals surface area contributed by atoms with Gasteiger partial charge in [-0.25, -0.2) is 0 Å². The van der Waals surface area contributed by atoms with Crippen LogP contribution in [0.4, 0.5) is 0 Å². The largest absolute Gasteiger partial charge is 0.490 e. The maximum atomic E-state index is 5.87. The van der Waals surface area contributed by atoms with Gasteiger partial charge in [-0.2, -0.15) is 0 Å². The first-order valence-corrected chi connectivity index (χ1v) is 6.61. The molecule has 3 nitrogen and oxygen atoms in total. The monoisotopic (exact) mass is 353 g/mol. The predicted octanol–water partition coefficient (Wildman–Crippen LogP) is 2.31. The molecular weight excluding hydrogens is 340 g/mol. The van der Waals surface area contributed by atoms with Gasteiger partial charge in [0.1, 0.15) is 18.5 Å². The molecule has 1 N–H and O–H groups in total. The zero-order valence-electron chi connectivity index (χ0n) is 8.71. The van der Waals surface area contributed by atoms with Crippen LogP contribution in [0.3, 0.4) is 0 Å². The molecule has 0 bridgehead atoms. The van der Waals surface area contributed by atoms with Gasteiger partial charge >= 0.3 is 0 Å². The summed E-state index contributed by atoms with van der Waals surface area (Å²) in [5.41, 5.74) is 0. The molecule has 0 saturated carbocycles. The van der Waals surface area contributed by atoms with E-state index in [1.54, 1.807) is 0 Å². The van der Waals surface area contributed by atoms with Crippen LogP contribution in [0, 0.1) is 3.57 Å². The predicted molar refractivity (Wildman–Crippen MR) is 72.3 cm³/mol. The average Bonchev–Trinajstić information content (AvgIpc) is 2.29. The first-order chi connectivity index (χ1) is 7.75. The standard InChI is InChI=1S/C11H13ClINO2/c12-8-1-2-11(10(13)5-8)16-7-9-6-14-3-4-15-9/h1-2,5,9,14H,3-4,6-7H2/t9-/m0/s1. The quantitative estimate of drug-likeness (QED) is 0.846. The fourth-order valence-electron chi connectivity index (χ4n) is 1.50. The molecule has 1 aromatic carbocycles. The summed E-state index contributed by atoms with van der Waals surface area (Å²) in [5.74, 6) is 0.860. The maximum absolute atomic E-state index is 5.87. The summed E-state index contributed by atoms with van der Waals surface area (Å²) >= 11 is 8.09. The molecule has 5 heteroatoms. The van der Waals surface area contributed by atoms with Crippen LogP contribution in [0.15, 0.2) is 18.2 Å². The van der Waals surface area contributed by atoms with Crippen LogP contribution in [0.2, 0.25) is 5.02 Å². The molecule has 0 aliphatic carbocycles. The van der Waals surface area contributed by atoms with Crippen LogP contribution in [0.25, 0.3) is 0 Å². The second-order valence-corrected chi connectivity index (χ2v) is 5.18. The number of ether oxygens (including phenoxy) is 2. The SMILES string of the molecule is Clc1ccc(OC[C@@H]2CNCCO2)c(I)c1. The molecule has 1 saturated heterocycles. The average molecular weight is 354 g/mol. The van der Waals surface area contributed by atoms with Gasteiger partial charge in [-0.15, -0.1) is 0 Å². The molecule has 1 aliphatic heterocycles. The van der Waals surface area contributed by atoms with E-state index >= 15 is 0 Å². The van der Waals surface area contributed by atoms with E-state index in [0.717, 1.165) is 34.0 Å². The first kappa shape index (κ1) is 12.4. The molecule has 16 heavy (non-hydrogen) atoms. The zero-order valence-corrected chi connectivity index (χ0v) is 11.6. The molecule has 0 spiro atoms.